The summed E-state index contributed by atoms with van der Waals surface area (Å²) in [5.74, 6) is 0.0530. The van der Waals surface area contributed by atoms with E-state index < -0.39 is 0 Å². The summed E-state index contributed by atoms with van der Waals surface area (Å²) in [7, 11) is 0. The predicted molar refractivity (Wildman–Crippen MR) is 88.4 cm³/mol. The molecule has 0 bridgehead atoms. The monoisotopic (exact) mass is 404 g/mol. The molecule has 0 radical (unpaired) electrons. The van der Waals surface area contributed by atoms with Crippen molar-refractivity contribution in [2.75, 3.05) is 0 Å². The molecule has 2 aromatic rings. The summed E-state index contributed by atoms with van der Waals surface area (Å²) in [4.78, 5) is 12.3. The summed E-state index contributed by atoms with van der Waals surface area (Å²) in [6.07, 6.45) is 0.263. The number of rotatable bonds is 3. The lowest BCUT2D eigenvalue weighted by atomic mass is 10.0. The highest BCUT2D eigenvalue weighted by Gasteiger charge is 2.14. The Balaban J connectivity index is 2.31. The Labute approximate surface area is 136 Å². The van der Waals surface area contributed by atoms with E-state index >= 15 is 0 Å². The molecule has 0 aliphatic heterocycles. The molecule has 0 atom stereocenters. The molecular weight excluding hydrogens is 394 g/mol. The molecule has 19 heavy (non-hydrogen) atoms. The highest BCUT2D eigenvalue weighted by Crippen LogP contribution is 2.27. The maximum absolute atomic E-state index is 12.3. The van der Waals surface area contributed by atoms with Gasteiger partial charge in [0.15, 0.2) is 5.78 Å². The van der Waals surface area contributed by atoms with Gasteiger partial charge in [-0.1, -0.05) is 53.5 Å². The Morgan fingerprint density at radius 2 is 1.84 bits per heavy atom. The largest absolute Gasteiger partial charge is 0.294 e. The standard InChI is InChI=1S/C15H11Cl2IO/c1-9-4-2-6-11(15(9)18)13(19)8-10-5-3-7-12(16)14(10)17/h2-7H,8H2,1H3. The molecule has 0 spiro atoms. The van der Waals surface area contributed by atoms with Crippen LogP contribution in [0.3, 0.4) is 0 Å². The van der Waals surface area contributed by atoms with Crippen molar-refractivity contribution in [2.24, 2.45) is 0 Å². The fourth-order valence-electron chi connectivity index (χ4n) is 1.82. The van der Waals surface area contributed by atoms with Gasteiger partial charge in [-0.25, -0.2) is 0 Å². The highest BCUT2D eigenvalue weighted by molar-refractivity contribution is 14.1. The smallest absolute Gasteiger partial charge is 0.168 e. The first kappa shape index (κ1) is 14.8. The van der Waals surface area contributed by atoms with Crippen LogP contribution < -0.4 is 0 Å². The number of ketones is 1. The van der Waals surface area contributed by atoms with E-state index in [1.807, 2.05) is 31.2 Å². The molecule has 2 aromatic carbocycles. The Hall–Kier alpha value is -0.580. The van der Waals surface area contributed by atoms with Gasteiger partial charge in [-0.3, -0.25) is 4.79 Å². The number of carbonyl (C=O) groups excluding carboxylic acids is 1. The van der Waals surface area contributed by atoms with Crippen LogP contribution in [0.4, 0.5) is 0 Å². The number of halogens is 3. The van der Waals surface area contributed by atoms with Crippen LogP contribution in [-0.4, -0.2) is 5.78 Å². The van der Waals surface area contributed by atoms with Crippen LogP contribution in [0, 0.1) is 10.5 Å². The normalized spacial score (nSPS) is 10.5. The van der Waals surface area contributed by atoms with E-state index in [1.54, 1.807) is 12.1 Å². The Morgan fingerprint density at radius 3 is 2.58 bits per heavy atom. The van der Waals surface area contributed by atoms with Crippen molar-refractivity contribution in [3.8, 4) is 0 Å². The minimum absolute atomic E-state index is 0.0530. The minimum Gasteiger partial charge on any atom is -0.294 e. The number of aryl methyl sites for hydroxylation is 1. The second-order valence-corrected chi connectivity index (χ2v) is 6.11. The third-order valence-corrected chi connectivity index (χ3v) is 5.16. The SMILES string of the molecule is Cc1cccc(C(=O)Cc2cccc(Cl)c2Cl)c1I. The van der Waals surface area contributed by atoms with Crippen molar-refractivity contribution in [1.82, 2.24) is 0 Å². The molecule has 0 amide bonds. The van der Waals surface area contributed by atoms with Gasteiger partial charge in [0.05, 0.1) is 10.0 Å². The first-order chi connectivity index (χ1) is 9.00. The molecule has 0 unspecified atom stereocenters. The van der Waals surface area contributed by atoms with Crippen LogP contribution >= 0.6 is 45.8 Å². The van der Waals surface area contributed by atoms with Gasteiger partial charge in [0.25, 0.3) is 0 Å². The number of benzene rings is 2. The molecule has 0 saturated heterocycles. The highest BCUT2D eigenvalue weighted by atomic mass is 127. The van der Waals surface area contributed by atoms with Crippen molar-refractivity contribution in [2.45, 2.75) is 13.3 Å². The Morgan fingerprint density at radius 1 is 1.16 bits per heavy atom. The maximum atomic E-state index is 12.3. The quantitative estimate of drug-likeness (QED) is 0.499. The molecule has 0 saturated carbocycles. The predicted octanol–water partition coefficient (Wildman–Crippen LogP) is 5.33. The lowest BCUT2D eigenvalue weighted by molar-refractivity contribution is 0.0992. The molecule has 98 valence electrons. The fourth-order valence-corrected chi connectivity index (χ4v) is 2.86. The van der Waals surface area contributed by atoms with Gasteiger partial charge in [0.2, 0.25) is 0 Å². The molecular formula is C15H11Cl2IO. The molecule has 0 aliphatic rings. The van der Waals surface area contributed by atoms with Crippen molar-refractivity contribution in [3.63, 3.8) is 0 Å². The van der Waals surface area contributed by atoms with Gasteiger partial charge in [-0.15, -0.1) is 0 Å². The topological polar surface area (TPSA) is 17.1 Å². The summed E-state index contributed by atoms with van der Waals surface area (Å²) in [5.41, 5.74) is 2.59. The second kappa shape index (κ2) is 6.25. The summed E-state index contributed by atoms with van der Waals surface area (Å²) in [5, 5.41) is 0.936. The Bertz CT molecular complexity index is 638. The zero-order valence-electron chi connectivity index (χ0n) is 10.2. The molecule has 0 aliphatic carbocycles. The molecule has 4 heteroatoms. The zero-order valence-corrected chi connectivity index (χ0v) is 13.9. The van der Waals surface area contributed by atoms with Crippen molar-refractivity contribution in [1.29, 1.82) is 0 Å². The van der Waals surface area contributed by atoms with Crippen molar-refractivity contribution >= 4 is 51.6 Å². The van der Waals surface area contributed by atoms with Crippen LogP contribution in [0.2, 0.25) is 10.0 Å². The number of hydrogen-bond donors (Lipinski definition) is 0. The minimum atomic E-state index is 0.0530. The van der Waals surface area contributed by atoms with E-state index in [4.69, 9.17) is 23.2 Å². The van der Waals surface area contributed by atoms with E-state index in [0.29, 0.717) is 10.0 Å². The summed E-state index contributed by atoms with van der Waals surface area (Å²) < 4.78 is 0.989. The number of hydrogen-bond acceptors (Lipinski definition) is 1. The number of carbonyl (C=O) groups is 1. The fraction of sp³-hybridized carbons (Fsp3) is 0.133. The van der Waals surface area contributed by atoms with Crippen LogP contribution in [-0.2, 0) is 6.42 Å². The first-order valence-corrected chi connectivity index (χ1v) is 7.55. The summed E-state index contributed by atoms with van der Waals surface area (Å²) in [6.45, 7) is 1.99. The first-order valence-electron chi connectivity index (χ1n) is 5.72. The van der Waals surface area contributed by atoms with Gasteiger partial charge in [-0.05, 0) is 46.7 Å². The van der Waals surface area contributed by atoms with Gasteiger partial charge >= 0.3 is 0 Å². The van der Waals surface area contributed by atoms with Gasteiger partial charge in [0, 0.05) is 15.6 Å². The lowest BCUT2D eigenvalue weighted by Crippen LogP contribution is -2.07. The van der Waals surface area contributed by atoms with Crippen LogP contribution in [0.1, 0.15) is 21.5 Å². The van der Waals surface area contributed by atoms with Gasteiger partial charge < -0.3 is 0 Å². The van der Waals surface area contributed by atoms with E-state index in [1.165, 1.54) is 0 Å². The second-order valence-electron chi connectivity index (χ2n) is 4.25. The zero-order chi connectivity index (χ0) is 14.0. The molecule has 0 N–H and O–H groups in total. The van der Waals surface area contributed by atoms with E-state index in [0.717, 1.165) is 20.3 Å². The van der Waals surface area contributed by atoms with E-state index in [2.05, 4.69) is 22.6 Å². The summed E-state index contributed by atoms with van der Waals surface area (Å²) in [6, 6.07) is 11.1. The third kappa shape index (κ3) is 3.30. The summed E-state index contributed by atoms with van der Waals surface area (Å²) >= 11 is 14.3. The van der Waals surface area contributed by atoms with Crippen molar-refractivity contribution in [3.05, 3.63) is 66.7 Å². The van der Waals surface area contributed by atoms with Crippen molar-refractivity contribution < 1.29 is 4.79 Å². The molecule has 0 aromatic heterocycles. The Kier molecular flexibility index (Phi) is 4.87. The van der Waals surface area contributed by atoms with Crippen LogP contribution in [0.5, 0.6) is 0 Å². The third-order valence-electron chi connectivity index (χ3n) is 2.87. The lowest BCUT2D eigenvalue weighted by Gasteiger charge is -2.08. The number of Topliss-reactive ketones (excluding diaryl/α,β-unsaturated/α-hetero) is 1. The average Bonchev–Trinajstić information content (AvgIpc) is 2.38. The molecule has 0 heterocycles. The van der Waals surface area contributed by atoms with E-state index in [9.17, 15) is 4.79 Å². The van der Waals surface area contributed by atoms with Gasteiger partial charge in [0.1, 0.15) is 0 Å². The van der Waals surface area contributed by atoms with Crippen LogP contribution in [0.15, 0.2) is 36.4 Å². The molecule has 0 fully saturated rings. The molecule has 2 rings (SSSR count). The van der Waals surface area contributed by atoms with Gasteiger partial charge in [-0.2, -0.15) is 0 Å². The molecule has 1 nitrogen and oxygen atoms in total. The van der Waals surface area contributed by atoms with E-state index in [-0.39, 0.29) is 12.2 Å². The maximum Gasteiger partial charge on any atom is 0.168 e. The average molecular weight is 405 g/mol. The van der Waals surface area contributed by atoms with Crippen LogP contribution in [0.25, 0.3) is 0 Å².